The lowest BCUT2D eigenvalue weighted by atomic mass is 10.3. The summed E-state index contributed by atoms with van der Waals surface area (Å²) in [6.45, 7) is 5.95. The molecule has 0 unspecified atom stereocenters. The third-order valence-corrected chi connectivity index (χ3v) is 1.02. The lowest BCUT2D eigenvalue weighted by Gasteiger charge is -1.76. The molecule has 3 nitrogen and oxygen atoms in total. The predicted molar refractivity (Wildman–Crippen MR) is 41.9 cm³/mol. The Bertz CT molecular complexity index is 234. The van der Waals surface area contributed by atoms with Gasteiger partial charge in [0.05, 0.1) is 0 Å². The molecule has 1 heterocycles. The zero-order valence-electron chi connectivity index (χ0n) is 7.09. The molecule has 1 aromatic heterocycles. The van der Waals surface area contributed by atoms with Gasteiger partial charge in [0.1, 0.15) is 11.8 Å². The first kappa shape index (κ1) is 9.70. The predicted octanol–water partition coefficient (Wildman–Crippen LogP) is 2.13. The fraction of sp³-hybridized carbons (Fsp3) is 0.500. The maximum absolute atomic E-state index is 8.27. The van der Waals surface area contributed by atoms with Crippen molar-refractivity contribution in [1.82, 2.24) is 5.16 Å². The van der Waals surface area contributed by atoms with Crippen LogP contribution in [0, 0.1) is 11.3 Å². The quantitative estimate of drug-likeness (QED) is 0.619. The van der Waals surface area contributed by atoms with Gasteiger partial charge in [0.15, 0.2) is 5.69 Å². The van der Waals surface area contributed by atoms with Gasteiger partial charge in [0.2, 0.25) is 0 Å². The van der Waals surface area contributed by atoms with Crippen molar-refractivity contribution in [3.63, 3.8) is 0 Å². The highest BCUT2D eigenvalue weighted by atomic mass is 16.5. The highest BCUT2D eigenvalue weighted by molar-refractivity contribution is 5.19. The molecule has 3 heteroatoms. The standard InChI is InChI=1S/C6H6N2O.C2H6/c1-2-6-3-5(4-7)8-9-6;1-2/h3H,2H2,1H3;1-2H3. The first-order chi connectivity index (χ1) is 5.36. The van der Waals surface area contributed by atoms with Crippen molar-refractivity contribution in [3.8, 4) is 6.07 Å². The summed E-state index contributed by atoms with van der Waals surface area (Å²) in [6, 6.07) is 3.52. The smallest absolute Gasteiger partial charge is 0.183 e. The van der Waals surface area contributed by atoms with E-state index in [1.807, 2.05) is 26.8 Å². The van der Waals surface area contributed by atoms with E-state index in [2.05, 4.69) is 5.16 Å². The second kappa shape index (κ2) is 5.48. The molecule has 1 rings (SSSR count). The first-order valence-electron chi connectivity index (χ1n) is 3.72. The maximum Gasteiger partial charge on any atom is 0.183 e. The molecular formula is C8H12N2O. The number of rotatable bonds is 1. The molecular weight excluding hydrogens is 140 g/mol. The molecule has 11 heavy (non-hydrogen) atoms. The number of nitriles is 1. The Balaban J connectivity index is 0.000000461. The van der Waals surface area contributed by atoms with E-state index in [4.69, 9.17) is 9.78 Å². The minimum atomic E-state index is 0.354. The molecule has 0 aliphatic rings. The van der Waals surface area contributed by atoms with Crippen molar-refractivity contribution >= 4 is 0 Å². The third kappa shape index (κ3) is 2.85. The van der Waals surface area contributed by atoms with E-state index < -0.39 is 0 Å². The van der Waals surface area contributed by atoms with Crippen LogP contribution in [0.1, 0.15) is 32.2 Å². The van der Waals surface area contributed by atoms with E-state index in [0.717, 1.165) is 12.2 Å². The number of aromatic nitrogens is 1. The van der Waals surface area contributed by atoms with Gasteiger partial charge < -0.3 is 4.52 Å². The van der Waals surface area contributed by atoms with Crippen molar-refractivity contribution in [2.45, 2.75) is 27.2 Å². The Labute approximate surface area is 66.6 Å². The van der Waals surface area contributed by atoms with Crippen LogP contribution in [0.25, 0.3) is 0 Å². The molecule has 0 bridgehead atoms. The topological polar surface area (TPSA) is 49.8 Å². The summed E-state index contributed by atoms with van der Waals surface area (Å²) in [5.74, 6) is 0.756. The summed E-state index contributed by atoms with van der Waals surface area (Å²) in [6.07, 6.45) is 0.786. The monoisotopic (exact) mass is 152 g/mol. The molecule has 0 amide bonds. The Morgan fingerprint density at radius 3 is 2.55 bits per heavy atom. The lowest BCUT2D eigenvalue weighted by molar-refractivity contribution is 0.385. The number of aryl methyl sites for hydroxylation is 1. The minimum absolute atomic E-state index is 0.354. The van der Waals surface area contributed by atoms with Gasteiger partial charge in [-0.15, -0.1) is 0 Å². The maximum atomic E-state index is 8.27. The largest absolute Gasteiger partial charge is 0.360 e. The molecule has 0 saturated carbocycles. The van der Waals surface area contributed by atoms with Gasteiger partial charge in [0.25, 0.3) is 0 Å². The second-order valence-corrected chi connectivity index (χ2v) is 1.64. The summed E-state index contributed by atoms with van der Waals surface area (Å²) in [7, 11) is 0. The van der Waals surface area contributed by atoms with Gasteiger partial charge >= 0.3 is 0 Å². The highest BCUT2D eigenvalue weighted by Crippen LogP contribution is 2.01. The molecule has 0 aromatic carbocycles. The van der Waals surface area contributed by atoms with Gasteiger partial charge in [-0.3, -0.25) is 0 Å². The first-order valence-corrected chi connectivity index (χ1v) is 3.72. The minimum Gasteiger partial charge on any atom is -0.360 e. The summed E-state index contributed by atoms with van der Waals surface area (Å²) in [5, 5.41) is 11.7. The van der Waals surface area contributed by atoms with Crippen molar-refractivity contribution in [3.05, 3.63) is 17.5 Å². The normalized spacial score (nSPS) is 7.82. The van der Waals surface area contributed by atoms with Gasteiger partial charge in [0, 0.05) is 12.5 Å². The van der Waals surface area contributed by atoms with Crippen LogP contribution in [0.4, 0.5) is 0 Å². The molecule has 0 spiro atoms. The van der Waals surface area contributed by atoms with Crippen molar-refractivity contribution < 1.29 is 4.52 Å². The zero-order chi connectivity index (χ0) is 8.69. The van der Waals surface area contributed by atoms with Gasteiger partial charge in [-0.25, -0.2) is 0 Å². The van der Waals surface area contributed by atoms with Crippen LogP contribution in [0.3, 0.4) is 0 Å². The van der Waals surface area contributed by atoms with Crippen molar-refractivity contribution in [1.29, 1.82) is 5.26 Å². The van der Waals surface area contributed by atoms with E-state index in [-0.39, 0.29) is 0 Å². The summed E-state index contributed by atoms with van der Waals surface area (Å²) >= 11 is 0. The number of hydrogen-bond donors (Lipinski definition) is 0. The average Bonchev–Trinajstić information content (AvgIpc) is 2.55. The van der Waals surface area contributed by atoms with E-state index in [0.29, 0.717) is 5.69 Å². The third-order valence-electron chi connectivity index (χ3n) is 1.02. The highest BCUT2D eigenvalue weighted by Gasteiger charge is 1.97. The second-order valence-electron chi connectivity index (χ2n) is 1.64. The van der Waals surface area contributed by atoms with Crippen LogP contribution in [0.15, 0.2) is 10.6 Å². The number of hydrogen-bond acceptors (Lipinski definition) is 3. The Kier molecular flexibility index (Phi) is 4.83. The Morgan fingerprint density at radius 1 is 1.64 bits per heavy atom. The summed E-state index contributed by atoms with van der Waals surface area (Å²) < 4.78 is 4.73. The lowest BCUT2D eigenvalue weighted by Crippen LogP contribution is -1.68. The molecule has 0 fully saturated rings. The zero-order valence-corrected chi connectivity index (χ0v) is 7.09. The van der Waals surface area contributed by atoms with Crippen LogP contribution >= 0.6 is 0 Å². The molecule has 60 valence electrons. The molecule has 0 aliphatic heterocycles. The van der Waals surface area contributed by atoms with E-state index in [9.17, 15) is 0 Å². The number of nitrogens with zero attached hydrogens (tertiary/aromatic N) is 2. The molecule has 0 atom stereocenters. The Hall–Kier alpha value is -1.30. The van der Waals surface area contributed by atoms with Crippen LogP contribution in [0.2, 0.25) is 0 Å². The van der Waals surface area contributed by atoms with E-state index >= 15 is 0 Å². The van der Waals surface area contributed by atoms with Gasteiger partial charge in [-0.1, -0.05) is 25.9 Å². The average molecular weight is 152 g/mol. The molecule has 0 N–H and O–H groups in total. The van der Waals surface area contributed by atoms with Crippen LogP contribution in [-0.2, 0) is 6.42 Å². The molecule has 0 radical (unpaired) electrons. The Morgan fingerprint density at radius 2 is 2.27 bits per heavy atom. The fourth-order valence-electron chi connectivity index (χ4n) is 0.532. The summed E-state index contributed by atoms with van der Waals surface area (Å²) in [4.78, 5) is 0. The summed E-state index contributed by atoms with van der Waals surface area (Å²) in [5.41, 5.74) is 0.354. The SMILES string of the molecule is CC.CCc1cc(C#N)no1. The van der Waals surface area contributed by atoms with Crippen LogP contribution in [-0.4, -0.2) is 5.16 Å². The fourth-order valence-corrected chi connectivity index (χ4v) is 0.532. The molecule has 0 saturated heterocycles. The van der Waals surface area contributed by atoms with Crippen LogP contribution in [0.5, 0.6) is 0 Å². The van der Waals surface area contributed by atoms with Gasteiger partial charge in [-0.2, -0.15) is 5.26 Å². The van der Waals surface area contributed by atoms with Crippen molar-refractivity contribution in [2.75, 3.05) is 0 Å². The van der Waals surface area contributed by atoms with Gasteiger partial charge in [-0.05, 0) is 0 Å². The van der Waals surface area contributed by atoms with Crippen molar-refractivity contribution in [2.24, 2.45) is 0 Å². The van der Waals surface area contributed by atoms with Crippen LogP contribution < -0.4 is 0 Å². The van der Waals surface area contributed by atoms with E-state index in [1.165, 1.54) is 0 Å². The molecule has 0 aliphatic carbocycles. The molecule has 1 aromatic rings. The van der Waals surface area contributed by atoms with E-state index in [1.54, 1.807) is 6.07 Å².